The van der Waals surface area contributed by atoms with E-state index in [0.717, 1.165) is 35.1 Å². The number of halogens is 1. The van der Waals surface area contributed by atoms with Gasteiger partial charge in [0.25, 0.3) is 5.56 Å². The van der Waals surface area contributed by atoms with Crippen LogP contribution < -0.4 is 10.3 Å². The van der Waals surface area contributed by atoms with Crippen molar-refractivity contribution in [1.29, 1.82) is 5.26 Å². The molecule has 1 unspecified atom stereocenters. The molecule has 1 heterocycles. The molecule has 0 amide bonds. The van der Waals surface area contributed by atoms with Gasteiger partial charge in [-0.05, 0) is 47.7 Å². The molecule has 3 aromatic rings. The topological polar surface area (TPSA) is 90.5 Å². The fraction of sp³-hybridized carbons (Fsp3) is 0.345. The van der Waals surface area contributed by atoms with Crippen LogP contribution in [0.2, 0.25) is 5.02 Å². The first-order valence-corrected chi connectivity index (χ1v) is 12.6. The highest BCUT2D eigenvalue weighted by molar-refractivity contribution is 6.33. The van der Waals surface area contributed by atoms with Crippen molar-refractivity contribution in [3.63, 3.8) is 0 Å². The first-order chi connectivity index (χ1) is 17.9. The molecule has 0 saturated heterocycles. The number of rotatable bonds is 10. The Morgan fingerprint density at radius 3 is 2.65 bits per heavy atom. The Kier molecular flexibility index (Phi) is 8.32. The Labute approximate surface area is 221 Å². The third-order valence-corrected chi connectivity index (χ3v) is 6.93. The lowest BCUT2D eigenvalue weighted by molar-refractivity contribution is -0.148. The number of nitriles is 1. The van der Waals surface area contributed by atoms with E-state index in [2.05, 4.69) is 6.07 Å². The zero-order chi connectivity index (χ0) is 26.5. The minimum atomic E-state index is -0.867. The van der Waals surface area contributed by atoms with Crippen LogP contribution >= 0.6 is 11.6 Å². The number of hydrogen-bond acceptors (Lipinski definition) is 6. The van der Waals surface area contributed by atoms with E-state index < -0.39 is 17.6 Å². The van der Waals surface area contributed by atoms with Crippen LogP contribution in [0.1, 0.15) is 48.9 Å². The Morgan fingerprint density at radius 2 is 1.95 bits per heavy atom. The molecule has 37 heavy (non-hydrogen) atoms. The number of esters is 1. The lowest BCUT2D eigenvalue weighted by Crippen LogP contribution is -2.32. The van der Waals surface area contributed by atoms with Gasteiger partial charge in [0.15, 0.2) is 0 Å². The molecule has 0 aliphatic heterocycles. The van der Waals surface area contributed by atoms with E-state index in [1.807, 2.05) is 37.3 Å². The number of unbranched alkanes of at least 4 members (excludes halogenated alkanes) is 1. The molecule has 8 heteroatoms. The third-order valence-electron chi connectivity index (χ3n) is 6.61. The summed E-state index contributed by atoms with van der Waals surface area (Å²) >= 11 is 6.53. The number of pyridine rings is 1. The number of benzene rings is 2. The minimum absolute atomic E-state index is 0.265. The lowest BCUT2D eigenvalue weighted by atomic mass is 9.94. The van der Waals surface area contributed by atoms with Gasteiger partial charge in [-0.1, -0.05) is 37.1 Å². The Hall–Kier alpha value is -3.60. The average molecular weight is 521 g/mol. The van der Waals surface area contributed by atoms with E-state index in [-0.39, 0.29) is 19.6 Å². The number of nitrogens with zero attached hydrogens (tertiary/aromatic N) is 2. The maximum absolute atomic E-state index is 13.4. The molecule has 7 nitrogen and oxygen atoms in total. The second-order valence-corrected chi connectivity index (χ2v) is 9.34. The van der Waals surface area contributed by atoms with E-state index in [1.165, 1.54) is 31.0 Å². The average Bonchev–Trinajstić information content (AvgIpc) is 3.27. The largest absolute Gasteiger partial charge is 0.495 e. The van der Waals surface area contributed by atoms with Crippen molar-refractivity contribution in [3.05, 3.63) is 74.7 Å². The third kappa shape index (κ3) is 5.27. The number of fused-ring (bicyclic) bond motifs is 3. The summed E-state index contributed by atoms with van der Waals surface area (Å²) in [7, 11) is 3.02. The Balaban J connectivity index is 1.82. The van der Waals surface area contributed by atoms with Crippen molar-refractivity contribution >= 4 is 17.6 Å². The number of carbonyl (C=O) groups excluding carboxylic acids is 1. The van der Waals surface area contributed by atoms with Gasteiger partial charge in [-0.25, -0.2) is 4.79 Å². The number of carbonyl (C=O) groups is 1. The normalized spacial score (nSPS) is 12.4. The van der Waals surface area contributed by atoms with E-state index >= 15 is 0 Å². The summed E-state index contributed by atoms with van der Waals surface area (Å²) in [6, 6.07) is 12.3. The lowest BCUT2D eigenvalue weighted by Gasteiger charge is -2.21. The second-order valence-electron chi connectivity index (χ2n) is 8.94. The molecule has 4 rings (SSSR count). The Bertz CT molecular complexity index is 1420. The van der Waals surface area contributed by atoms with Crippen LogP contribution in [0.4, 0.5) is 0 Å². The molecule has 192 valence electrons. The van der Waals surface area contributed by atoms with Crippen molar-refractivity contribution in [2.75, 3.05) is 27.4 Å². The van der Waals surface area contributed by atoms with E-state index in [4.69, 9.17) is 25.8 Å². The van der Waals surface area contributed by atoms with Crippen LogP contribution in [-0.2, 0) is 20.7 Å². The summed E-state index contributed by atoms with van der Waals surface area (Å²) in [4.78, 5) is 26.2. The van der Waals surface area contributed by atoms with Gasteiger partial charge in [0.2, 0.25) is 0 Å². The Morgan fingerprint density at radius 1 is 1.14 bits per heavy atom. The molecular formula is C29H29ClN2O5. The van der Waals surface area contributed by atoms with Crippen LogP contribution in [0, 0.1) is 11.3 Å². The van der Waals surface area contributed by atoms with Crippen LogP contribution in [-0.4, -0.2) is 38.0 Å². The highest BCUT2D eigenvalue weighted by Gasteiger charge is 2.27. The van der Waals surface area contributed by atoms with Gasteiger partial charge in [0.1, 0.15) is 11.8 Å². The quantitative estimate of drug-likeness (QED) is 0.201. The molecule has 0 fully saturated rings. The van der Waals surface area contributed by atoms with Gasteiger partial charge in [0.05, 0.1) is 31.5 Å². The molecular weight excluding hydrogens is 492 g/mol. The number of methoxy groups -OCH3 is 2. The van der Waals surface area contributed by atoms with Gasteiger partial charge in [-0.3, -0.25) is 9.36 Å². The van der Waals surface area contributed by atoms with Crippen LogP contribution in [0.3, 0.4) is 0 Å². The smallest absolute Gasteiger partial charge is 0.329 e. The summed E-state index contributed by atoms with van der Waals surface area (Å²) in [6.45, 7) is 2.56. The summed E-state index contributed by atoms with van der Waals surface area (Å²) in [5, 5.41) is 10.6. The zero-order valence-corrected chi connectivity index (χ0v) is 21.9. The molecule has 1 aliphatic rings. The van der Waals surface area contributed by atoms with Gasteiger partial charge >= 0.3 is 5.97 Å². The summed E-state index contributed by atoms with van der Waals surface area (Å²) in [5.41, 5.74) is 5.01. The van der Waals surface area contributed by atoms with Gasteiger partial charge in [-0.2, -0.15) is 5.26 Å². The molecule has 0 saturated carbocycles. The van der Waals surface area contributed by atoms with Crippen molar-refractivity contribution in [1.82, 2.24) is 4.57 Å². The highest BCUT2D eigenvalue weighted by Crippen LogP contribution is 2.44. The van der Waals surface area contributed by atoms with Crippen molar-refractivity contribution < 1.29 is 19.0 Å². The first kappa shape index (κ1) is 26.5. The summed E-state index contributed by atoms with van der Waals surface area (Å²) < 4.78 is 17.6. The standard InChI is InChI=1S/C29H29ClN2O5/c1-4-5-10-37-29(34)25(9-11-35-2)32-17-26(36-3)23(15-27(32)33)21-14-22-19(13-20(21)16-31)12-18-7-6-8-24(30)28(18)22/h6-8,13-15,17,25H,4-5,9-12H2,1-3H3. The van der Waals surface area contributed by atoms with Gasteiger partial charge < -0.3 is 14.2 Å². The maximum atomic E-state index is 13.4. The monoisotopic (exact) mass is 520 g/mol. The molecule has 1 atom stereocenters. The number of aromatic nitrogens is 1. The highest BCUT2D eigenvalue weighted by atomic mass is 35.5. The van der Waals surface area contributed by atoms with Crippen LogP contribution in [0.15, 0.2) is 47.4 Å². The van der Waals surface area contributed by atoms with E-state index in [1.54, 1.807) is 0 Å². The summed E-state index contributed by atoms with van der Waals surface area (Å²) in [5.74, 6) is -0.138. The second kappa shape index (κ2) is 11.6. The fourth-order valence-electron chi connectivity index (χ4n) is 4.72. The van der Waals surface area contributed by atoms with Crippen molar-refractivity contribution in [3.8, 4) is 34.1 Å². The zero-order valence-electron chi connectivity index (χ0n) is 21.2. The van der Waals surface area contributed by atoms with Crippen LogP contribution in [0.5, 0.6) is 5.75 Å². The number of ether oxygens (including phenoxy) is 3. The molecule has 1 aromatic heterocycles. The minimum Gasteiger partial charge on any atom is -0.495 e. The first-order valence-electron chi connectivity index (χ1n) is 12.2. The van der Waals surface area contributed by atoms with Crippen LogP contribution in [0.25, 0.3) is 22.3 Å². The maximum Gasteiger partial charge on any atom is 0.329 e. The molecule has 0 radical (unpaired) electrons. The molecule has 0 spiro atoms. The summed E-state index contributed by atoms with van der Waals surface area (Å²) in [6.07, 6.45) is 4.08. The predicted octanol–water partition coefficient (Wildman–Crippen LogP) is 5.54. The van der Waals surface area contributed by atoms with E-state index in [9.17, 15) is 14.9 Å². The molecule has 2 aromatic carbocycles. The molecule has 1 aliphatic carbocycles. The SMILES string of the molecule is CCCCOC(=O)C(CCOC)n1cc(OC)c(-c2cc3c(cc2C#N)Cc2cccc(Cl)c2-3)cc1=O. The van der Waals surface area contributed by atoms with Gasteiger partial charge in [-0.15, -0.1) is 0 Å². The molecule has 0 bridgehead atoms. The van der Waals surface area contributed by atoms with Crippen molar-refractivity contribution in [2.24, 2.45) is 0 Å². The van der Waals surface area contributed by atoms with E-state index in [0.29, 0.717) is 33.9 Å². The predicted molar refractivity (Wildman–Crippen MR) is 142 cm³/mol. The fourth-order valence-corrected chi connectivity index (χ4v) is 5.02. The number of hydrogen-bond donors (Lipinski definition) is 0. The van der Waals surface area contributed by atoms with Crippen molar-refractivity contribution in [2.45, 2.75) is 38.6 Å². The molecule has 0 N–H and O–H groups in total. The van der Waals surface area contributed by atoms with Gasteiger partial charge in [0, 0.05) is 47.9 Å².